The molecule has 1 atom stereocenters. The first-order valence-corrected chi connectivity index (χ1v) is 11.5. The van der Waals surface area contributed by atoms with Gasteiger partial charge in [-0.25, -0.2) is 4.39 Å². The van der Waals surface area contributed by atoms with Crippen molar-refractivity contribution in [1.29, 1.82) is 5.26 Å². The minimum absolute atomic E-state index is 0.167. The average molecular weight is 440 g/mol. The van der Waals surface area contributed by atoms with Gasteiger partial charge in [0.05, 0.1) is 11.5 Å². The third-order valence-corrected chi connectivity index (χ3v) is 6.57. The largest absolute Gasteiger partial charge is 0.504 e. The highest BCUT2D eigenvalue weighted by Crippen LogP contribution is 2.36. The third-order valence-electron chi connectivity index (χ3n) is 6.57. The van der Waals surface area contributed by atoms with Crippen molar-refractivity contribution in [2.24, 2.45) is 5.92 Å². The van der Waals surface area contributed by atoms with Gasteiger partial charge in [-0.2, -0.15) is 5.26 Å². The molecule has 32 heavy (non-hydrogen) atoms. The number of nitrogens with zero attached hydrogens (tertiary/aromatic N) is 3. The summed E-state index contributed by atoms with van der Waals surface area (Å²) in [5.41, 5.74) is 0.682. The van der Waals surface area contributed by atoms with E-state index in [1.165, 1.54) is 12.1 Å². The molecule has 2 aromatic carbocycles. The Kier molecular flexibility index (Phi) is 8.49. The summed E-state index contributed by atoms with van der Waals surface area (Å²) in [4.78, 5) is 4.81. The van der Waals surface area contributed by atoms with E-state index >= 15 is 0 Å². The topological polar surface area (TPSA) is 59.7 Å². The second kappa shape index (κ2) is 11.3. The maximum Gasteiger partial charge on any atom is 0.161 e. The summed E-state index contributed by atoms with van der Waals surface area (Å²) in [6.45, 7) is 10.4. The van der Waals surface area contributed by atoms with Gasteiger partial charge in [-0.1, -0.05) is 44.2 Å². The number of ether oxygens (including phenoxy) is 1. The normalized spacial score (nSPS) is 17.1. The number of hydrogen-bond donors (Lipinski definition) is 1. The molecule has 0 aliphatic carbocycles. The van der Waals surface area contributed by atoms with Gasteiger partial charge in [-0.3, -0.25) is 4.90 Å². The average Bonchev–Trinajstić information content (AvgIpc) is 2.80. The number of hydrogen-bond acceptors (Lipinski definition) is 5. The van der Waals surface area contributed by atoms with Crippen LogP contribution in [-0.2, 0) is 5.41 Å². The number of piperazine rings is 1. The van der Waals surface area contributed by atoms with Crippen molar-refractivity contribution in [2.45, 2.75) is 32.1 Å². The molecule has 5 nitrogen and oxygen atoms in total. The Labute approximate surface area is 191 Å². The summed E-state index contributed by atoms with van der Waals surface area (Å²) in [7, 11) is 0. The fourth-order valence-electron chi connectivity index (χ4n) is 4.47. The maximum atomic E-state index is 13.1. The van der Waals surface area contributed by atoms with Crippen molar-refractivity contribution >= 4 is 0 Å². The third kappa shape index (κ3) is 5.99. The van der Waals surface area contributed by atoms with Crippen molar-refractivity contribution in [1.82, 2.24) is 9.80 Å². The molecule has 1 saturated heterocycles. The summed E-state index contributed by atoms with van der Waals surface area (Å²) in [5, 5.41) is 19.8. The molecule has 6 heteroatoms. The van der Waals surface area contributed by atoms with Crippen LogP contribution in [-0.4, -0.2) is 60.8 Å². The van der Waals surface area contributed by atoms with Crippen molar-refractivity contribution in [3.63, 3.8) is 0 Å². The molecule has 172 valence electrons. The Balaban J connectivity index is 1.40. The molecule has 1 unspecified atom stereocenters. The van der Waals surface area contributed by atoms with Crippen LogP contribution >= 0.6 is 0 Å². The molecule has 1 fully saturated rings. The van der Waals surface area contributed by atoms with E-state index in [4.69, 9.17) is 4.74 Å². The Morgan fingerprint density at radius 1 is 1.06 bits per heavy atom. The van der Waals surface area contributed by atoms with Gasteiger partial charge in [0.15, 0.2) is 11.5 Å². The number of nitriles is 1. The fraction of sp³-hybridized carbons (Fsp3) is 0.500. The molecular formula is C26H34FN3O2. The zero-order chi connectivity index (χ0) is 23.0. The Bertz CT molecular complexity index is 892. The van der Waals surface area contributed by atoms with E-state index in [0.717, 1.165) is 63.7 Å². The van der Waals surface area contributed by atoms with Gasteiger partial charge in [0.25, 0.3) is 0 Å². The lowest BCUT2D eigenvalue weighted by molar-refractivity contribution is 0.113. The first-order chi connectivity index (χ1) is 15.4. The molecule has 0 radical (unpaired) electrons. The maximum absolute atomic E-state index is 13.1. The first-order valence-electron chi connectivity index (χ1n) is 11.5. The molecule has 0 spiro atoms. The van der Waals surface area contributed by atoms with Crippen molar-refractivity contribution in [2.75, 3.05) is 45.9 Å². The molecule has 3 rings (SSSR count). The number of phenols is 1. The number of rotatable bonds is 10. The van der Waals surface area contributed by atoms with Crippen molar-refractivity contribution < 1.29 is 14.2 Å². The summed E-state index contributed by atoms with van der Waals surface area (Å²) < 4.78 is 18.7. The molecule has 0 amide bonds. The van der Waals surface area contributed by atoms with Crippen LogP contribution in [0.4, 0.5) is 4.39 Å². The second-order valence-electron chi connectivity index (χ2n) is 8.85. The van der Waals surface area contributed by atoms with Gasteiger partial charge in [-0.05, 0) is 43.0 Å². The van der Waals surface area contributed by atoms with Crippen molar-refractivity contribution in [3.05, 3.63) is 59.9 Å². The van der Waals surface area contributed by atoms with E-state index in [9.17, 15) is 14.8 Å². The van der Waals surface area contributed by atoms with Gasteiger partial charge in [0.1, 0.15) is 12.4 Å². The summed E-state index contributed by atoms with van der Waals surface area (Å²) in [6, 6.07) is 16.6. The number of benzene rings is 2. The highest BCUT2D eigenvalue weighted by Gasteiger charge is 2.35. The summed E-state index contributed by atoms with van der Waals surface area (Å²) >= 11 is 0. The molecular weight excluding hydrogens is 405 g/mol. The van der Waals surface area contributed by atoms with Crippen LogP contribution in [0.5, 0.6) is 11.5 Å². The standard InChI is InChI=1S/C26H34FN3O2/c1-21(2)26(20-28,22-7-4-3-5-8-22)11-6-12-29-13-15-30(16-14-29)17-18-32-25-10-9-23(27)19-24(25)31/h3-5,7-10,19,21,31H,6,11-18H2,1-2H3. The van der Waals surface area contributed by atoms with Gasteiger partial charge in [-0.15, -0.1) is 0 Å². The SMILES string of the molecule is CC(C)C(C#N)(CCCN1CCN(CCOc2ccc(F)cc2O)CC1)c1ccccc1. The van der Waals surface area contributed by atoms with Crippen LogP contribution < -0.4 is 4.74 Å². The molecule has 0 saturated carbocycles. The molecule has 1 aliphatic heterocycles. The van der Waals surface area contributed by atoms with Crippen LogP contribution in [0.1, 0.15) is 32.3 Å². The van der Waals surface area contributed by atoms with E-state index in [1.807, 2.05) is 18.2 Å². The molecule has 1 aliphatic rings. The van der Waals surface area contributed by atoms with Crippen LogP contribution in [0.15, 0.2) is 48.5 Å². The van der Waals surface area contributed by atoms with Gasteiger partial charge in [0.2, 0.25) is 0 Å². The van der Waals surface area contributed by atoms with E-state index in [1.54, 1.807) is 0 Å². The lowest BCUT2D eigenvalue weighted by Crippen LogP contribution is -2.47. The van der Waals surface area contributed by atoms with Gasteiger partial charge in [0, 0.05) is 38.8 Å². The zero-order valence-corrected chi connectivity index (χ0v) is 19.1. The summed E-state index contributed by atoms with van der Waals surface area (Å²) in [6.07, 6.45) is 1.86. The zero-order valence-electron chi connectivity index (χ0n) is 19.1. The Morgan fingerprint density at radius 3 is 2.31 bits per heavy atom. The van der Waals surface area contributed by atoms with Crippen LogP contribution in [0.25, 0.3) is 0 Å². The molecule has 1 heterocycles. The predicted octanol–water partition coefficient (Wildman–Crippen LogP) is 4.43. The second-order valence-corrected chi connectivity index (χ2v) is 8.85. The van der Waals surface area contributed by atoms with E-state index in [-0.39, 0.29) is 11.7 Å². The first kappa shape index (κ1) is 24.0. The summed E-state index contributed by atoms with van der Waals surface area (Å²) in [5.74, 6) is -0.0721. The van der Waals surface area contributed by atoms with Crippen molar-refractivity contribution in [3.8, 4) is 17.6 Å². The molecule has 2 aromatic rings. The van der Waals surface area contributed by atoms with E-state index in [0.29, 0.717) is 12.4 Å². The number of aromatic hydroxyl groups is 1. The van der Waals surface area contributed by atoms with E-state index in [2.05, 4.69) is 41.8 Å². The molecule has 1 N–H and O–H groups in total. The highest BCUT2D eigenvalue weighted by atomic mass is 19.1. The lowest BCUT2D eigenvalue weighted by Gasteiger charge is -2.36. The quantitative estimate of drug-likeness (QED) is 0.594. The smallest absolute Gasteiger partial charge is 0.161 e. The molecule has 0 bridgehead atoms. The predicted molar refractivity (Wildman–Crippen MR) is 124 cm³/mol. The van der Waals surface area contributed by atoms with Crippen LogP contribution in [0.3, 0.4) is 0 Å². The Hall–Kier alpha value is -2.62. The minimum atomic E-state index is -0.477. The monoisotopic (exact) mass is 439 g/mol. The van der Waals surface area contributed by atoms with Crippen LogP contribution in [0.2, 0.25) is 0 Å². The lowest BCUT2D eigenvalue weighted by atomic mass is 9.70. The highest BCUT2D eigenvalue weighted by molar-refractivity contribution is 5.38. The number of phenolic OH excluding ortho intramolecular Hbond substituents is 1. The molecule has 0 aromatic heterocycles. The van der Waals surface area contributed by atoms with Gasteiger partial charge < -0.3 is 14.7 Å². The fourth-order valence-corrected chi connectivity index (χ4v) is 4.47. The van der Waals surface area contributed by atoms with E-state index < -0.39 is 11.2 Å². The number of halogens is 1. The minimum Gasteiger partial charge on any atom is -0.504 e. The Morgan fingerprint density at radius 2 is 1.72 bits per heavy atom. The van der Waals surface area contributed by atoms with Gasteiger partial charge >= 0.3 is 0 Å². The van der Waals surface area contributed by atoms with Crippen LogP contribution in [0, 0.1) is 23.1 Å².